The van der Waals surface area contributed by atoms with Gasteiger partial charge in [0.2, 0.25) is 0 Å². The molecule has 1 saturated heterocycles. The zero-order chi connectivity index (χ0) is 14.5. The second-order valence-corrected chi connectivity index (χ2v) is 4.94. The fourth-order valence-electron chi connectivity index (χ4n) is 2.55. The van der Waals surface area contributed by atoms with Crippen molar-refractivity contribution >= 4 is 5.78 Å². The Morgan fingerprint density at radius 2 is 2.20 bits per heavy atom. The Kier molecular flexibility index (Phi) is 4.75. The third-order valence-corrected chi connectivity index (χ3v) is 3.68. The molecule has 20 heavy (non-hydrogen) atoms. The second kappa shape index (κ2) is 6.53. The van der Waals surface area contributed by atoms with E-state index in [0.29, 0.717) is 19.6 Å². The molecule has 4 nitrogen and oxygen atoms in total. The van der Waals surface area contributed by atoms with Gasteiger partial charge >= 0.3 is 0 Å². The van der Waals surface area contributed by atoms with Crippen LogP contribution in [-0.4, -0.2) is 25.1 Å². The lowest BCUT2D eigenvalue weighted by molar-refractivity contribution is -0.124. The summed E-state index contributed by atoms with van der Waals surface area (Å²) in [5.74, 6) is -0.189. The van der Waals surface area contributed by atoms with Crippen LogP contribution in [0.15, 0.2) is 24.3 Å². The summed E-state index contributed by atoms with van der Waals surface area (Å²) >= 11 is 0. The van der Waals surface area contributed by atoms with E-state index in [4.69, 9.17) is 9.47 Å². The summed E-state index contributed by atoms with van der Waals surface area (Å²) in [5, 5.41) is 9.33. The molecular formula is C16H19NO3. The zero-order valence-electron chi connectivity index (χ0n) is 11.8. The standard InChI is InChI=1S/C16H19NO3/c1-3-19-13-6-4-12(5-7-13)15(10-17)16(18)14-8-9-20-11(14)2/h4-7,11,14-15H,3,8-9H2,1-2H3. The highest BCUT2D eigenvalue weighted by molar-refractivity contribution is 5.91. The largest absolute Gasteiger partial charge is 0.494 e. The number of carbonyl (C=O) groups is 1. The molecule has 0 N–H and O–H groups in total. The van der Waals surface area contributed by atoms with Crippen molar-refractivity contribution in [1.29, 1.82) is 5.26 Å². The summed E-state index contributed by atoms with van der Waals surface area (Å²) in [4.78, 5) is 12.5. The number of benzene rings is 1. The average molecular weight is 273 g/mol. The van der Waals surface area contributed by atoms with Crippen LogP contribution in [-0.2, 0) is 9.53 Å². The van der Waals surface area contributed by atoms with Gasteiger partial charge in [0.15, 0.2) is 5.78 Å². The molecule has 0 amide bonds. The van der Waals surface area contributed by atoms with Crippen LogP contribution < -0.4 is 4.74 Å². The SMILES string of the molecule is CCOc1ccc(C(C#N)C(=O)C2CCOC2C)cc1. The van der Waals surface area contributed by atoms with Crippen molar-refractivity contribution in [1.82, 2.24) is 0 Å². The van der Waals surface area contributed by atoms with Crippen molar-refractivity contribution in [2.24, 2.45) is 5.92 Å². The van der Waals surface area contributed by atoms with Crippen LogP contribution in [0.4, 0.5) is 0 Å². The average Bonchev–Trinajstić information content (AvgIpc) is 2.88. The molecule has 1 aromatic rings. The maximum atomic E-state index is 12.5. The minimum Gasteiger partial charge on any atom is -0.494 e. The van der Waals surface area contributed by atoms with Crippen molar-refractivity contribution < 1.29 is 14.3 Å². The Bertz CT molecular complexity index is 503. The number of Topliss-reactive ketones (excluding diaryl/α,β-unsaturated/α-hetero) is 1. The molecule has 3 unspecified atom stereocenters. The van der Waals surface area contributed by atoms with Crippen LogP contribution in [0, 0.1) is 17.2 Å². The van der Waals surface area contributed by atoms with Gasteiger partial charge in [-0.1, -0.05) is 12.1 Å². The van der Waals surface area contributed by atoms with E-state index in [1.807, 2.05) is 13.8 Å². The van der Waals surface area contributed by atoms with Crippen LogP contribution in [0.3, 0.4) is 0 Å². The van der Waals surface area contributed by atoms with E-state index in [9.17, 15) is 10.1 Å². The molecule has 0 saturated carbocycles. The van der Waals surface area contributed by atoms with Gasteiger partial charge in [0.25, 0.3) is 0 Å². The monoisotopic (exact) mass is 273 g/mol. The molecule has 3 atom stereocenters. The maximum Gasteiger partial charge on any atom is 0.160 e. The van der Waals surface area contributed by atoms with Gasteiger partial charge in [-0.2, -0.15) is 5.26 Å². The van der Waals surface area contributed by atoms with Crippen molar-refractivity contribution in [3.8, 4) is 11.8 Å². The van der Waals surface area contributed by atoms with E-state index in [2.05, 4.69) is 6.07 Å². The Balaban J connectivity index is 2.15. The third-order valence-electron chi connectivity index (χ3n) is 3.68. The first-order valence-electron chi connectivity index (χ1n) is 6.95. The summed E-state index contributed by atoms with van der Waals surface area (Å²) in [6.07, 6.45) is 0.607. The lowest BCUT2D eigenvalue weighted by atomic mass is 9.85. The molecule has 1 aliphatic heterocycles. The van der Waals surface area contributed by atoms with E-state index in [1.54, 1.807) is 24.3 Å². The number of nitrogens with zero attached hydrogens (tertiary/aromatic N) is 1. The molecule has 2 rings (SSSR count). The van der Waals surface area contributed by atoms with Gasteiger partial charge in [-0.25, -0.2) is 0 Å². The number of nitriles is 1. The summed E-state index contributed by atoms with van der Waals surface area (Å²) in [6, 6.07) is 9.29. The van der Waals surface area contributed by atoms with E-state index >= 15 is 0 Å². The smallest absolute Gasteiger partial charge is 0.160 e. The summed E-state index contributed by atoms with van der Waals surface area (Å²) < 4.78 is 10.8. The number of hydrogen-bond donors (Lipinski definition) is 0. The Morgan fingerprint density at radius 3 is 2.70 bits per heavy atom. The fraction of sp³-hybridized carbons (Fsp3) is 0.500. The quantitative estimate of drug-likeness (QED) is 0.827. The van der Waals surface area contributed by atoms with Gasteiger partial charge in [-0.3, -0.25) is 4.79 Å². The first-order chi connectivity index (χ1) is 9.67. The summed E-state index contributed by atoms with van der Waals surface area (Å²) in [6.45, 7) is 5.00. The predicted octanol–water partition coefficient (Wildman–Crippen LogP) is 2.69. The molecule has 0 spiro atoms. The first-order valence-corrected chi connectivity index (χ1v) is 6.95. The molecule has 1 heterocycles. The van der Waals surface area contributed by atoms with E-state index in [-0.39, 0.29) is 17.8 Å². The van der Waals surface area contributed by atoms with Crippen molar-refractivity contribution in [2.75, 3.05) is 13.2 Å². The van der Waals surface area contributed by atoms with Gasteiger partial charge in [0.05, 0.1) is 18.8 Å². The normalized spacial score (nSPS) is 23.1. The van der Waals surface area contributed by atoms with Crippen molar-refractivity contribution in [3.63, 3.8) is 0 Å². The van der Waals surface area contributed by atoms with Gasteiger partial charge in [-0.15, -0.1) is 0 Å². The van der Waals surface area contributed by atoms with Crippen LogP contribution in [0.2, 0.25) is 0 Å². The molecule has 1 aromatic carbocycles. The predicted molar refractivity (Wildman–Crippen MR) is 74.5 cm³/mol. The Labute approximate surface area is 119 Å². The van der Waals surface area contributed by atoms with Crippen molar-refractivity contribution in [3.05, 3.63) is 29.8 Å². The molecule has 4 heteroatoms. The van der Waals surface area contributed by atoms with E-state index < -0.39 is 5.92 Å². The molecule has 0 radical (unpaired) electrons. The number of carbonyl (C=O) groups excluding carboxylic acids is 1. The van der Waals surface area contributed by atoms with Crippen LogP contribution in [0.1, 0.15) is 31.7 Å². The second-order valence-electron chi connectivity index (χ2n) is 4.94. The lowest BCUT2D eigenvalue weighted by Crippen LogP contribution is -2.26. The molecule has 0 aliphatic carbocycles. The van der Waals surface area contributed by atoms with E-state index in [0.717, 1.165) is 11.3 Å². The lowest BCUT2D eigenvalue weighted by Gasteiger charge is -2.16. The zero-order valence-corrected chi connectivity index (χ0v) is 11.8. The van der Waals surface area contributed by atoms with Gasteiger partial charge < -0.3 is 9.47 Å². The van der Waals surface area contributed by atoms with Gasteiger partial charge in [-0.05, 0) is 38.0 Å². The maximum absolute atomic E-state index is 12.5. The van der Waals surface area contributed by atoms with Crippen LogP contribution >= 0.6 is 0 Å². The summed E-state index contributed by atoms with van der Waals surface area (Å²) in [7, 11) is 0. The molecule has 1 aliphatic rings. The number of ether oxygens (including phenoxy) is 2. The Hall–Kier alpha value is -1.86. The highest BCUT2D eigenvalue weighted by Crippen LogP contribution is 2.29. The highest BCUT2D eigenvalue weighted by Gasteiger charge is 2.35. The van der Waals surface area contributed by atoms with Crippen LogP contribution in [0.25, 0.3) is 0 Å². The number of ketones is 1. The number of rotatable bonds is 5. The van der Waals surface area contributed by atoms with Gasteiger partial charge in [0, 0.05) is 12.5 Å². The highest BCUT2D eigenvalue weighted by atomic mass is 16.5. The Morgan fingerprint density at radius 1 is 1.50 bits per heavy atom. The molecule has 1 fully saturated rings. The molecule has 0 aromatic heterocycles. The first kappa shape index (κ1) is 14.5. The van der Waals surface area contributed by atoms with Gasteiger partial charge in [0.1, 0.15) is 11.7 Å². The number of hydrogen-bond acceptors (Lipinski definition) is 4. The summed E-state index contributed by atoms with van der Waals surface area (Å²) in [5.41, 5.74) is 0.722. The third kappa shape index (κ3) is 3.00. The van der Waals surface area contributed by atoms with Crippen molar-refractivity contribution in [2.45, 2.75) is 32.3 Å². The topological polar surface area (TPSA) is 59.3 Å². The molecule has 0 bridgehead atoms. The van der Waals surface area contributed by atoms with Crippen LogP contribution in [0.5, 0.6) is 5.75 Å². The molecule has 106 valence electrons. The minimum atomic E-state index is -0.722. The minimum absolute atomic E-state index is 0.0401. The van der Waals surface area contributed by atoms with E-state index in [1.165, 1.54) is 0 Å². The fourth-order valence-corrected chi connectivity index (χ4v) is 2.55. The molecular weight excluding hydrogens is 254 g/mol.